The van der Waals surface area contributed by atoms with Gasteiger partial charge in [-0.25, -0.2) is 0 Å². The fourth-order valence-corrected chi connectivity index (χ4v) is 4.36. The van der Waals surface area contributed by atoms with Crippen LogP contribution < -0.4 is 21.7 Å². The van der Waals surface area contributed by atoms with Crippen LogP contribution in [0.2, 0.25) is 10.0 Å². The second kappa shape index (κ2) is 10.1. The SMILES string of the molecule is NC(=O)c1cccc2cccc(NCCNCCNc3c(Cl)ccc4cccc(Cl)c34)c12. The standard InChI is InChI=1S/C25H24Cl2N4O/c26-19-8-2-5-17-10-11-20(27)24(23(17)19)31-15-13-29-12-14-30-21-9-3-6-16-4-1-7-18(22(16)21)25(28)32/h1-11,29-31H,12-15H2,(H2,28,32). The number of carbonyl (C=O) groups excluding carboxylic acids is 1. The van der Waals surface area contributed by atoms with Gasteiger partial charge in [0.05, 0.1) is 15.7 Å². The largest absolute Gasteiger partial charge is 0.383 e. The zero-order chi connectivity index (χ0) is 22.5. The molecular formula is C25H24Cl2N4O. The van der Waals surface area contributed by atoms with Gasteiger partial charge in [0, 0.05) is 48.2 Å². The number of hydrogen-bond acceptors (Lipinski definition) is 4. The molecular weight excluding hydrogens is 443 g/mol. The van der Waals surface area contributed by atoms with Gasteiger partial charge in [-0.1, -0.05) is 65.7 Å². The molecule has 0 saturated heterocycles. The maximum absolute atomic E-state index is 11.8. The van der Waals surface area contributed by atoms with E-state index in [1.807, 2.05) is 60.7 Å². The van der Waals surface area contributed by atoms with Crippen LogP contribution >= 0.6 is 23.2 Å². The van der Waals surface area contributed by atoms with Crippen LogP contribution in [0.5, 0.6) is 0 Å². The third-order valence-corrected chi connectivity index (χ3v) is 5.96. The molecule has 7 heteroatoms. The highest BCUT2D eigenvalue weighted by Crippen LogP contribution is 2.35. The molecule has 164 valence electrons. The zero-order valence-corrected chi connectivity index (χ0v) is 18.9. The smallest absolute Gasteiger partial charge is 0.249 e. The van der Waals surface area contributed by atoms with Gasteiger partial charge in [-0.2, -0.15) is 0 Å². The predicted molar refractivity (Wildman–Crippen MR) is 136 cm³/mol. The number of halogens is 2. The molecule has 0 atom stereocenters. The number of fused-ring (bicyclic) bond motifs is 2. The minimum Gasteiger partial charge on any atom is -0.383 e. The van der Waals surface area contributed by atoms with Crippen LogP contribution in [0.3, 0.4) is 0 Å². The Morgan fingerprint density at radius 1 is 0.719 bits per heavy atom. The van der Waals surface area contributed by atoms with E-state index >= 15 is 0 Å². The summed E-state index contributed by atoms with van der Waals surface area (Å²) in [6.45, 7) is 2.90. The van der Waals surface area contributed by atoms with E-state index in [0.717, 1.165) is 46.0 Å². The Morgan fingerprint density at radius 2 is 1.38 bits per heavy atom. The first-order valence-electron chi connectivity index (χ1n) is 10.4. The van der Waals surface area contributed by atoms with Crippen molar-refractivity contribution in [3.05, 3.63) is 82.3 Å². The zero-order valence-electron chi connectivity index (χ0n) is 17.4. The summed E-state index contributed by atoms with van der Waals surface area (Å²) in [5.41, 5.74) is 7.83. The van der Waals surface area contributed by atoms with Gasteiger partial charge in [0.1, 0.15) is 0 Å². The lowest BCUT2D eigenvalue weighted by atomic mass is 10.0. The lowest BCUT2D eigenvalue weighted by Crippen LogP contribution is -2.27. The van der Waals surface area contributed by atoms with Crippen molar-refractivity contribution in [1.29, 1.82) is 0 Å². The molecule has 0 unspecified atom stereocenters. The fraction of sp³-hybridized carbons (Fsp3) is 0.160. The first-order valence-corrected chi connectivity index (χ1v) is 11.2. The first-order chi connectivity index (χ1) is 15.6. The first kappa shape index (κ1) is 22.2. The molecule has 0 radical (unpaired) electrons. The third-order valence-electron chi connectivity index (χ3n) is 5.33. The number of amides is 1. The minimum absolute atomic E-state index is 0.429. The molecule has 0 bridgehead atoms. The highest BCUT2D eigenvalue weighted by molar-refractivity contribution is 6.40. The Kier molecular flexibility index (Phi) is 7.00. The second-order valence-corrected chi connectivity index (χ2v) is 8.25. The third kappa shape index (κ3) is 4.75. The molecule has 4 rings (SSSR count). The number of anilines is 2. The molecule has 5 nitrogen and oxygen atoms in total. The van der Waals surface area contributed by atoms with Gasteiger partial charge in [-0.3, -0.25) is 4.79 Å². The van der Waals surface area contributed by atoms with Crippen molar-refractivity contribution >= 4 is 62.0 Å². The van der Waals surface area contributed by atoms with Gasteiger partial charge in [-0.05, 0) is 35.0 Å². The normalized spacial score (nSPS) is 11.1. The maximum Gasteiger partial charge on any atom is 0.249 e. The average molecular weight is 467 g/mol. The van der Waals surface area contributed by atoms with Gasteiger partial charge in [0.2, 0.25) is 5.91 Å². The monoisotopic (exact) mass is 466 g/mol. The summed E-state index contributed by atoms with van der Waals surface area (Å²) in [6.07, 6.45) is 0. The molecule has 1 amide bonds. The number of benzene rings is 4. The molecule has 0 saturated carbocycles. The minimum atomic E-state index is -0.429. The van der Waals surface area contributed by atoms with Crippen molar-refractivity contribution in [2.24, 2.45) is 5.73 Å². The summed E-state index contributed by atoms with van der Waals surface area (Å²) in [5, 5.41) is 15.3. The average Bonchev–Trinajstić information content (AvgIpc) is 2.79. The van der Waals surface area contributed by atoms with Crippen LogP contribution in [-0.4, -0.2) is 32.1 Å². The molecule has 0 heterocycles. The lowest BCUT2D eigenvalue weighted by molar-refractivity contribution is 0.100. The molecule has 32 heavy (non-hydrogen) atoms. The fourth-order valence-electron chi connectivity index (χ4n) is 3.86. The Hall–Kier alpha value is -2.99. The van der Waals surface area contributed by atoms with Crippen LogP contribution in [0.1, 0.15) is 10.4 Å². The van der Waals surface area contributed by atoms with Gasteiger partial charge in [0.25, 0.3) is 0 Å². The van der Waals surface area contributed by atoms with Gasteiger partial charge in [-0.15, -0.1) is 0 Å². The van der Waals surface area contributed by atoms with Crippen LogP contribution in [0.15, 0.2) is 66.7 Å². The van der Waals surface area contributed by atoms with Crippen LogP contribution in [-0.2, 0) is 0 Å². The van der Waals surface area contributed by atoms with E-state index in [0.29, 0.717) is 28.7 Å². The molecule has 4 aromatic rings. The van der Waals surface area contributed by atoms with E-state index in [-0.39, 0.29) is 0 Å². The number of rotatable bonds is 9. The number of nitrogens with one attached hydrogen (secondary N) is 3. The molecule has 0 fully saturated rings. The Bertz CT molecular complexity index is 1270. The van der Waals surface area contributed by atoms with E-state index in [2.05, 4.69) is 16.0 Å². The molecule has 5 N–H and O–H groups in total. The van der Waals surface area contributed by atoms with E-state index in [4.69, 9.17) is 28.9 Å². The van der Waals surface area contributed by atoms with Gasteiger partial charge in [0.15, 0.2) is 0 Å². The van der Waals surface area contributed by atoms with E-state index in [9.17, 15) is 4.79 Å². The molecule has 0 aromatic heterocycles. The van der Waals surface area contributed by atoms with Gasteiger partial charge >= 0.3 is 0 Å². The summed E-state index contributed by atoms with van der Waals surface area (Å²) >= 11 is 12.8. The van der Waals surface area contributed by atoms with E-state index in [1.165, 1.54) is 0 Å². The van der Waals surface area contributed by atoms with Crippen molar-refractivity contribution < 1.29 is 4.79 Å². The van der Waals surface area contributed by atoms with Crippen molar-refractivity contribution in [3.63, 3.8) is 0 Å². The summed E-state index contributed by atoms with van der Waals surface area (Å²) < 4.78 is 0. The lowest BCUT2D eigenvalue weighted by Gasteiger charge is -2.14. The quantitative estimate of drug-likeness (QED) is 0.245. The predicted octanol–water partition coefficient (Wildman–Crippen LogP) is 5.51. The molecule has 0 aliphatic carbocycles. The number of hydrogen-bond donors (Lipinski definition) is 4. The van der Waals surface area contributed by atoms with Crippen LogP contribution in [0, 0.1) is 0 Å². The molecule has 0 aliphatic rings. The molecule has 0 aliphatic heterocycles. The van der Waals surface area contributed by atoms with E-state index in [1.54, 1.807) is 6.07 Å². The van der Waals surface area contributed by atoms with Crippen molar-refractivity contribution in [2.45, 2.75) is 0 Å². The van der Waals surface area contributed by atoms with Crippen molar-refractivity contribution in [3.8, 4) is 0 Å². The summed E-state index contributed by atoms with van der Waals surface area (Å²) in [4.78, 5) is 11.8. The summed E-state index contributed by atoms with van der Waals surface area (Å²) in [5.74, 6) is -0.429. The highest BCUT2D eigenvalue weighted by atomic mass is 35.5. The highest BCUT2D eigenvalue weighted by Gasteiger charge is 2.10. The van der Waals surface area contributed by atoms with Crippen LogP contribution in [0.4, 0.5) is 11.4 Å². The van der Waals surface area contributed by atoms with E-state index < -0.39 is 5.91 Å². The summed E-state index contributed by atoms with van der Waals surface area (Å²) in [7, 11) is 0. The maximum atomic E-state index is 11.8. The molecule has 4 aromatic carbocycles. The Morgan fingerprint density at radius 3 is 2.12 bits per heavy atom. The van der Waals surface area contributed by atoms with Crippen molar-refractivity contribution in [2.75, 3.05) is 36.8 Å². The molecule has 0 spiro atoms. The topological polar surface area (TPSA) is 79.2 Å². The number of carbonyl (C=O) groups is 1. The Balaban J connectivity index is 1.31. The van der Waals surface area contributed by atoms with Crippen LogP contribution in [0.25, 0.3) is 21.5 Å². The van der Waals surface area contributed by atoms with Gasteiger partial charge < -0.3 is 21.7 Å². The van der Waals surface area contributed by atoms with Crippen molar-refractivity contribution in [1.82, 2.24) is 5.32 Å². The second-order valence-electron chi connectivity index (χ2n) is 7.44. The Labute approximate surface area is 196 Å². The number of nitrogens with two attached hydrogens (primary N) is 1. The number of primary amides is 1. The summed E-state index contributed by atoms with van der Waals surface area (Å²) in [6, 6.07) is 21.1.